The highest BCUT2D eigenvalue weighted by Gasteiger charge is 2.09. The predicted octanol–water partition coefficient (Wildman–Crippen LogP) is 6.02. The summed E-state index contributed by atoms with van der Waals surface area (Å²) < 4.78 is 20.0. The lowest BCUT2D eigenvalue weighted by Gasteiger charge is -2.14. The monoisotopic (exact) mass is 420 g/mol. The third kappa shape index (κ3) is 3.74. The Morgan fingerprint density at radius 3 is 2.65 bits per heavy atom. The van der Waals surface area contributed by atoms with Crippen LogP contribution in [0.15, 0.2) is 34.8 Å². The molecule has 0 saturated heterocycles. The van der Waals surface area contributed by atoms with Crippen LogP contribution < -0.4 is 4.74 Å². The minimum absolute atomic E-state index is 0.111. The molecule has 5 heteroatoms. The number of hydrogen-bond donors (Lipinski definition) is 0. The summed E-state index contributed by atoms with van der Waals surface area (Å²) in [5, 5.41) is 0.812. The van der Waals surface area contributed by atoms with Gasteiger partial charge in [0.1, 0.15) is 18.2 Å². The van der Waals surface area contributed by atoms with Gasteiger partial charge in [0.2, 0.25) is 0 Å². The summed E-state index contributed by atoms with van der Waals surface area (Å²) in [5.41, 5.74) is 2.94. The van der Waals surface area contributed by atoms with E-state index >= 15 is 0 Å². The number of alkyl halides is 1. The molecule has 0 saturated carbocycles. The molecule has 0 unspecified atom stereocenters. The fourth-order valence-electron chi connectivity index (χ4n) is 1.89. The molecular formula is C15H12Br2ClFO. The molecule has 0 amide bonds. The molecule has 20 heavy (non-hydrogen) atoms. The molecule has 0 spiro atoms. The van der Waals surface area contributed by atoms with E-state index in [9.17, 15) is 4.39 Å². The first kappa shape index (κ1) is 15.8. The van der Waals surface area contributed by atoms with Crippen molar-refractivity contribution in [1.82, 2.24) is 0 Å². The van der Waals surface area contributed by atoms with Crippen molar-refractivity contribution in [3.05, 3.63) is 62.3 Å². The zero-order chi connectivity index (χ0) is 14.7. The maximum absolute atomic E-state index is 13.1. The van der Waals surface area contributed by atoms with Gasteiger partial charge in [-0.2, -0.15) is 0 Å². The Hall–Kier alpha value is -0.580. The van der Waals surface area contributed by atoms with Gasteiger partial charge >= 0.3 is 0 Å². The van der Waals surface area contributed by atoms with Gasteiger partial charge in [-0.3, -0.25) is 0 Å². The lowest BCUT2D eigenvalue weighted by molar-refractivity contribution is 0.301. The van der Waals surface area contributed by atoms with E-state index in [1.54, 1.807) is 12.1 Å². The van der Waals surface area contributed by atoms with Crippen molar-refractivity contribution in [2.75, 3.05) is 0 Å². The number of ether oxygens (including phenoxy) is 1. The fraction of sp³-hybridized carbons (Fsp3) is 0.200. The molecule has 0 heterocycles. The topological polar surface area (TPSA) is 9.23 Å². The lowest BCUT2D eigenvalue weighted by Crippen LogP contribution is -2.00. The summed E-state index contributed by atoms with van der Waals surface area (Å²) in [5.74, 6) is 0.418. The summed E-state index contributed by atoms with van der Waals surface area (Å²) in [6.45, 7) is 2.34. The second-order valence-electron chi connectivity index (χ2n) is 4.38. The molecular weight excluding hydrogens is 410 g/mol. The first-order chi connectivity index (χ1) is 9.51. The summed E-state index contributed by atoms with van der Waals surface area (Å²) in [6, 6.07) is 8.61. The highest BCUT2D eigenvalue weighted by atomic mass is 79.9. The SMILES string of the molecule is Cc1cc(Br)cc(CBr)c1OCc1ccc(F)c(Cl)c1. The molecule has 2 rings (SSSR count). The largest absolute Gasteiger partial charge is 0.488 e. The smallest absolute Gasteiger partial charge is 0.141 e. The first-order valence-electron chi connectivity index (χ1n) is 5.93. The molecule has 0 atom stereocenters. The summed E-state index contributed by atoms with van der Waals surface area (Å²) in [7, 11) is 0. The molecule has 0 radical (unpaired) electrons. The van der Waals surface area contributed by atoms with Crippen LogP contribution in [0.2, 0.25) is 5.02 Å². The standard InChI is InChI=1S/C15H12Br2ClFO/c1-9-4-12(17)6-11(7-16)15(9)20-8-10-2-3-14(19)13(18)5-10/h2-6H,7-8H2,1H3. The van der Waals surface area contributed by atoms with Gasteiger partial charge in [0.25, 0.3) is 0 Å². The Morgan fingerprint density at radius 1 is 1.25 bits per heavy atom. The normalized spacial score (nSPS) is 10.7. The third-order valence-electron chi connectivity index (χ3n) is 2.83. The van der Waals surface area contributed by atoms with Gasteiger partial charge in [0.15, 0.2) is 0 Å². The summed E-state index contributed by atoms with van der Waals surface area (Å²) in [6.07, 6.45) is 0. The molecule has 0 aromatic heterocycles. The van der Waals surface area contributed by atoms with E-state index in [1.807, 2.05) is 19.1 Å². The minimum atomic E-state index is -0.420. The summed E-state index contributed by atoms with van der Waals surface area (Å²) >= 11 is 12.7. The second kappa shape index (κ2) is 6.92. The lowest BCUT2D eigenvalue weighted by atomic mass is 10.1. The zero-order valence-electron chi connectivity index (χ0n) is 10.7. The Morgan fingerprint density at radius 2 is 2.00 bits per heavy atom. The molecule has 1 nitrogen and oxygen atoms in total. The van der Waals surface area contributed by atoms with E-state index in [0.717, 1.165) is 26.9 Å². The van der Waals surface area contributed by atoms with Gasteiger partial charge in [-0.05, 0) is 42.3 Å². The molecule has 0 aliphatic rings. The number of hydrogen-bond acceptors (Lipinski definition) is 1. The molecule has 2 aromatic carbocycles. The van der Waals surface area contributed by atoms with Crippen LogP contribution in [-0.2, 0) is 11.9 Å². The molecule has 0 N–H and O–H groups in total. The molecule has 0 fully saturated rings. The van der Waals surface area contributed by atoms with E-state index in [-0.39, 0.29) is 5.02 Å². The van der Waals surface area contributed by atoms with Crippen molar-refractivity contribution >= 4 is 43.5 Å². The van der Waals surface area contributed by atoms with Gasteiger partial charge in [0.05, 0.1) is 5.02 Å². The van der Waals surface area contributed by atoms with Crippen LogP contribution in [0.25, 0.3) is 0 Å². The van der Waals surface area contributed by atoms with Gasteiger partial charge in [0, 0.05) is 15.4 Å². The van der Waals surface area contributed by atoms with Crippen molar-refractivity contribution in [2.24, 2.45) is 0 Å². The maximum atomic E-state index is 13.1. The van der Waals surface area contributed by atoms with Crippen molar-refractivity contribution in [2.45, 2.75) is 18.9 Å². The van der Waals surface area contributed by atoms with Crippen LogP contribution in [0, 0.1) is 12.7 Å². The quantitative estimate of drug-likeness (QED) is 0.547. The van der Waals surface area contributed by atoms with Crippen LogP contribution in [-0.4, -0.2) is 0 Å². The third-order valence-corrected chi connectivity index (χ3v) is 4.18. The highest BCUT2D eigenvalue weighted by Crippen LogP contribution is 2.30. The number of benzene rings is 2. The van der Waals surface area contributed by atoms with Crippen LogP contribution in [0.1, 0.15) is 16.7 Å². The van der Waals surface area contributed by atoms with Crippen molar-refractivity contribution < 1.29 is 9.13 Å². The molecule has 2 aromatic rings. The van der Waals surface area contributed by atoms with Gasteiger partial charge in [-0.1, -0.05) is 49.5 Å². The Kier molecular flexibility index (Phi) is 5.47. The van der Waals surface area contributed by atoms with Gasteiger partial charge < -0.3 is 4.74 Å². The zero-order valence-corrected chi connectivity index (χ0v) is 14.6. The Bertz CT molecular complexity index is 632. The Labute approximate surface area is 139 Å². The highest BCUT2D eigenvalue weighted by molar-refractivity contribution is 9.10. The predicted molar refractivity (Wildman–Crippen MR) is 87.3 cm³/mol. The number of aryl methyl sites for hydroxylation is 1. The van der Waals surface area contributed by atoms with E-state index in [2.05, 4.69) is 31.9 Å². The second-order valence-corrected chi connectivity index (χ2v) is 6.27. The average molecular weight is 423 g/mol. The molecule has 106 valence electrons. The fourth-order valence-corrected chi connectivity index (χ4v) is 3.13. The molecule has 0 bridgehead atoms. The molecule has 0 aliphatic heterocycles. The van der Waals surface area contributed by atoms with E-state index < -0.39 is 5.82 Å². The van der Waals surface area contributed by atoms with Crippen LogP contribution in [0.4, 0.5) is 4.39 Å². The van der Waals surface area contributed by atoms with E-state index in [1.165, 1.54) is 6.07 Å². The Balaban J connectivity index is 2.20. The summed E-state index contributed by atoms with van der Waals surface area (Å²) in [4.78, 5) is 0. The average Bonchev–Trinajstić information content (AvgIpc) is 2.40. The number of halogens is 4. The van der Waals surface area contributed by atoms with Crippen LogP contribution >= 0.6 is 43.5 Å². The van der Waals surface area contributed by atoms with Gasteiger partial charge in [-0.15, -0.1) is 0 Å². The van der Waals surface area contributed by atoms with E-state index in [0.29, 0.717) is 11.9 Å². The van der Waals surface area contributed by atoms with Gasteiger partial charge in [-0.25, -0.2) is 4.39 Å². The van der Waals surface area contributed by atoms with E-state index in [4.69, 9.17) is 16.3 Å². The molecule has 0 aliphatic carbocycles. The van der Waals surface area contributed by atoms with Crippen LogP contribution in [0.5, 0.6) is 5.75 Å². The maximum Gasteiger partial charge on any atom is 0.141 e. The van der Waals surface area contributed by atoms with Crippen molar-refractivity contribution in [3.8, 4) is 5.75 Å². The van der Waals surface area contributed by atoms with Crippen molar-refractivity contribution in [3.63, 3.8) is 0 Å². The van der Waals surface area contributed by atoms with Crippen LogP contribution in [0.3, 0.4) is 0 Å². The van der Waals surface area contributed by atoms with Crippen molar-refractivity contribution in [1.29, 1.82) is 0 Å². The number of rotatable bonds is 4. The first-order valence-corrected chi connectivity index (χ1v) is 8.22. The minimum Gasteiger partial charge on any atom is -0.488 e.